The van der Waals surface area contributed by atoms with E-state index < -0.39 is 0 Å². The van der Waals surface area contributed by atoms with Gasteiger partial charge in [0.1, 0.15) is 23.0 Å². The summed E-state index contributed by atoms with van der Waals surface area (Å²) in [5, 5.41) is 12.1. The van der Waals surface area contributed by atoms with Crippen LogP contribution in [0.15, 0.2) is 41.9 Å². The molecule has 2 heterocycles. The van der Waals surface area contributed by atoms with Crippen LogP contribution in [0.25, 0.3) is 16.9 Å². The lowest BCUT2D eigenvalue weighted by Crippen LogP contribution is -2.18. The van der Waals surface area contributed by atoms with E-state index in [1.165, 1.54) is 12.5 Å². The summed E-state index contributed by atoms with van der Waals surface area (Å²) in [7, 11) is 0. The number of rotatable bonds is 3. The summed E-state index contributed by atoms with van der Waals surface area (Å²) in [5.74, 6) is 1.13. The highest BCUT2D eigenvalue weighted by molar-refractivity contribution is 6.32. The number of imidazole rings is 1. The van der Waals surface area contributed by atoms with Crippen molar-refractivity contribution < 1.29 is 5.21 Å². The number of hydrogen-bond donors (Lipinski definition) is 2. The molecule has 0 saturated carbocycles. The van der Waals surface area contributed by atoms with Gasteiger partial charge in [0.25, 0.3) is 0 Å². The zero-order valence-corrected chi connectivity index (χ0v) is 11.6. The smallest absolute Gasteiger partial charge is 0.160 e. The van der Waals surface area contributed by atoms with Gasteiger partial charge in [0.2, 0.25) is 0 Å². The van der Waals surface area contributed by atoms with Gasteiger partial charge in [0.05, 0.1) is 23.7 Å². The average molecular weight is 303 g/mol. The predicted molar refractivity (Wildman–Crippen MR) is 78.8 cm³/mol. The summed E-state index contributed by atoms with van der Waals surface area (Å²) in [6.45, 7) is 0. The molecule has 0 fully saturated rings. The van der Waals surface area contributed by atoms with Gasteiger partial charge in [0, 0.05) is 0 Å². The number of oxime groups is 1. The number of aromatic nitrogens is 4. The van der Waals surface area contributed by atoms with E-state index in [1.54, 1.807) is 4.57 Å². The van der Waals surface area contributed by atoms with Crippen molar-refractivity contribution >= 4 is 28.5 Å². The molecule has 3 rings (SSSR count). The standard InChI is InChI=1S/C13H11ClN6O/c14-8-6-16-7-17-13(8)20-10-4-2-1-3-9(10)18-12(20)5-11(15)19-21/h1-4,6-7,21H,5H2,(H2,15,19). The zero-order chi connectivity index (χ0) is 14.8. The molecule has 21 heavy (non-hydrogen) atoms. The lowest BCUT2D eigenvalue weighted by atomic mass is 10.3. The molecule has 0 aliphatic rings. The van der Waals surface area contributed by atoms with Gasteiger partial charge in [-0.3, -0.25) is 4.57 Å². The maximum Gasteiger partial charge on any atom is 0.160 e. The Morgan fingerprint density at radius 1 is 1.38 bits per heavy atom. The Bertz CT molecular complexity index is 828. The maximum absolute atomic E-state index is 8.76. The van der Waals surface area contributed by atoms with E-state index in [4.69, 9.17) is 22.5 Å². The number of hydrogen-bond acceptors (Lipinski definition) is 5. The SMILES string of the molecule is N/C(Cc1nc2ccccc2n1-c1ncncc1Cl)=N/O. The molecule has 3 aromatic rings. The third kappa shape index (κ3) is 2.38. The monoisotopic (exact) mass is 302 g/mol. The molecule has 8 heteroatoms. The molecular weight excluding hydrogens is 292 g/mol. The minimum Gasteiger partial charge on any atom is -0.409 e. The Morgan fingerprint density at radius 3 is 2.95 bits per heavy atom. The molecule has 1 aromatic carbocycles. The Hall–Kier alpha value is -2.67. The highest BCUT2D eigenvalue weighted by Gasteiger charge is 2.16. The fraction of sp³-hybridized carbons (Fsp3) is 0.0769. The molecule has 0 unspecified atom stereocenters. The minimum absolute atomic E-state index is 0.0525. The summed E-state index contributed by atoms with van der Waals surface area (Å²) in [6.07, 6.45) is 3.08. The Labute approximate surface area is 124 Å². The number of fused-ring (bicyclic) bond motifs is 1. The van der Waals surface area contributed by atoms with E-state index in [0.717, 1.165) is 11.0 Å². The number of nitrogens with zero attached hydrogens (tertiary/aromatic N) is 5. The second-order valence-electron chi connectivity index (χ2n) is 4.31. The van der Waals surface area contributed by atoms with Gasteiger partial charge in [-0.2, -0.15) is 0 Å². The summed E-state index contributed by atoms with van der Waals surface area (Å²) >= 11 is 6.17. The summed E-state index contributed by atoms with van der Waals surface area (Å²) in [6, 6.07) is 7.55. The lowest BCUT2D eigenvalue weighted by Gasteiger charge is -2.08. The van der Waals surface area contributed by atoms with Crippen LogP contribution in [0.5, 0.6) is 0 Å². The average Bonchev–Trinajstić information content (AvgIpc) is 2.85. The fourth-order valence-electron chi connectivity index (χ4n) is 2.10. The molecule has 106 valence electrons. The molecule has 0 saturated heterocycles. The van der Waals surface area contributed by atoms with E-state index in [2.05, 4.69) is 20.1 Å². The van der Waals surface area contributed by atoms with Gasteiger partial charge in [-0.05, 0) is 12.1 Å². The molecule has 0 amide bonds. The Kier molecular flexibility index (Phi) is 3.41. The highest BCUT2D eigenvalue weighted by atomic mass is 35.5. The maximum atomic E-state index is 8.76. The van der Waals surface area contributed by atoms with Crippen LogP contribution in [0.2, 0.25) is 5.02 Å². The fourth-order valence-corrected chi connectivity index (χ4v) is 2.29. The van der Waals surface area contributed by atoms with Crippen LogP contribution in [0, 0.1) is 0 Å². The first kappa shape index (κ1) is 13.3. The van der Waals surface area contributed by atoms with Gasteiger partial charge < -0.3 is 10.9 Å². The number of amidine groups is 1. The van der Waals surface area contributed by atoms with Gasteiger partial charge in [-0.25, -0.2) is 15.0 Å². The van der Waals surface area contributed by atoms with Crippen molar-refractivity contribution in [3.05, 3.63) is 47.6 Å². The first-order valence-corrected chi connectivity index (χ1v) is 6.47. The zero-order valence-electron chi connectivity index (χ0n) is 10.8. The van der Waals surface area contributed by atoms with Crippen molar-refractivity contribution in [2.45, 2.75) is 6.42 Å². The molecule has 0 radical (unpaired) electrons. The van der Waals surface area contributed by atoms with Crippen LogP contribution in [-0.4, -0.2) is 30.6 Å². The molecule has 0 spiro atoms. The molecule has 0 aliphatic carbocycles. The van der Waals surface area contributed by atoms with Crippen molar-refractivity contribution in [2.24, 2.45) is 10.9 Å². The first-order chi connectivity index (χ1) is 10.2. The summed E-state index contributed by atoms with van der Waals surface area (Å²) < 4.78 is 1.78. The van der Waals surface area contributed by atoms with E-state index in [0.29, 0.717) is 16.7 Å². The molecule has 3 N–H and O–H groups in total. The molecule has 0 aliphatic heterocycles. The normalized spacial score (nSPS) is 12.0. The molecule has 0 bridgehead atoms. The van der Waals surface area contributed by atoms with Crippen molar-refractivity contribution in [3.63, 3.8) is 0 Å². The van der Waals surface area contributed by atoms with Crippen LogP contribution < -0.4 is 5.73 Å². The minimum atomic E-state index is 0.0525. The summed E-state index contributed by atoms with van der Waals surface area (Å²) in [5.41, 5.74) is 7.20. The van der Waals surface area contributed by atoms with Gasteiger partial charge in [-0.15, -0.1) is 0 Å². The quantitative estimate of drug-likeness (QED) is 0.332. The van der Waals surface area contributed by atoms with Gasteiger partial charge in [-0.1, -0.05) is 28.9 Å². The third-order valence-electron chi connectivity index (χ3n) is 2.96. The van der Waals surface area contributed by atoms with Crippen LogP contribution in [-0.2, 0) is 6.42 Å². The summed E-state index contributed by atoms with van der Waals surface area (Å²) in [4.78, 5) is 12.6. The largest absolute Gasteiger partial charge is 0.409 e. The van der Waals surface area contributed by atoms with Crippen LogP contribution in [0.4, 0.5) is 0 Å². The first-order valence-electron chi connectivity index (χ1n) is 6.09. The number of benzene rings is 1. The third-order valence-corrected chi connectivity index (χ3v) is 3.22. The van der Waals surface area contributed by atoms with Crippen molar-refractivity contribution in [1.29, 1.82) is 0 Å². The molecule has 0 atom stereocenters. The van der Waals surface area contributed by atoms with E-state index in [-0.39, 0.29) is 12.3 Å². The van der Waals surface area contributed by atoms with Crippen molar-refractivity contribution in [2.75, 3.05) is 0 Å². The predicted octanol–water partition coefficient (Wildman–Crippen LogP) is 1.76. The molecule has 2 aromatic heterocycles. The van der Waals surface area contributed by atoms with Crippen molar-refractivity contribution in [1.82, 2.24) is 19.5 Å². The number of nitrogens with two attached hydrogens (primary N) is 1. The molecule has 7 nitrogen and oxygen atoms in total. The number of para-hydroxylation sites is 2. The second kappa shape index (κ2) is 5.37. The highest BCUT2D eigenvalue weighted by Crippen LogP contribution is 2.24. The van der Waals surface area contributed by atoms with E-state index in [1.807, 2.05) is 24.3 Å². The van der Waals surface area contributed by atoms with Crippen LogP contribution in [0.1, 0.15) is 5.82 Å². The van der Waals surface area contributed by atoms with Crippen LogP contribution >= 0.6 is 11.6 Å². The van der Waals surface area contributed by atoms with E-state index >= 15 is 0 Å². The molecular formula is C13H11ClN6O. The van der Waals surface area contributed by atoms with Crippen LogP contribution in [0.3, 0.4) is 0 Å². The Balaban J connectivity index is 2.28. The number of halogens is 1. The van der Waals surface area contributed by atoms with E-state index in [9.17, 15) is 0 Å². The van der Waals surface area contributed by atoms with Gasteiger partial charge >= 0.3 is 0 Å². The topological polar surface area (TPSA) is 102 Å². The Morgan fingerprint density at radius 2 is 2.19 bits per heavy atom. The van der Waals surface area contributed by atoms with Crippen molar-refractivity contribution in [3.8, 4) is 5.82 Å². The second-order valence-corrected chi connectivity index (χ2v) is 4.72. The lowest BCUT2D eigenvalue weighted by molar-refractivity contribution is 0.317. The van der Waals surface area contributed by atoms with Gasteiger partial charge in [0.15, 0.2) is 5.82 Å².